The topological polar surface area (TPSA) is 109 Å². The number of aryl methyl sites for hydroxylation is 1. The van der Waals surface area contributed by atoms with Crippen molar-refractivity contribution in [2.24, 2.45) is 0 Å². The van der Waals surface area contributed by atoms with Gasteiger partial charge in [0.2, 0.25) is 0 Å². The molecule has 3 aromatic carbocycles. The second kappa shape index (κ2) is 12.9. The van der Waals surface area contributed by atoms with Crippen molar-refractivity contribution in [2.75, 3.05) is 11.9 Å². The van der Waals surface area contributed by atoms with Gasteiger partial charge in [0.1, 0.15) is 18.2 Å². The van der Waals surface area contributed by atoms with Gasteiger partial charge in [-0.2, -0.15) is 5.26 Å². The number of carbonyl (C=O) groups excluding carboxylic acids is 1. The maximum Gasteiger partial charge on any atom is 0.335 e. The molecule has 0 saturated carbocycles. The number of amides is 1. The maximum atomic E-state index is 12.9. The zero-order chi connectivity index (χ0) is 27.7. The van der Waals surface area contributed by atoms with Gasteiger partial charge in [0.25, 0.3) is 5.91 Å². The minimum absolute atomic E-state index is 0.0508. The fraction of sp³-hybridized carbons (Fsp3) is 0.194. The summed E-state index contributed by atoms with van der Waals surface area (Å²) >= 11 is 0. The van der Waals surface area contributed by atoms with Crippen LogP contribution in [-0.4, -0.2) is 23.6 Å². The van der Waals surface area contributed by atoms with E-state index in [4.69, 9.17) is 14.6 Å². The third kappa shape index (κ3) is 6.89. The summed E-state index contributed by atoms with van der Waals surface area (Å²) in [4.78, 5) is 24.0. The Labute approximate surface area is 222 Å². The Morgan fingerprint density at radius 1 is 1.11 bits per heavy atom. The highest BCUT2D eigenvalue weighted by atomic mass is 16.5. The van der Waals surface area contributed by atoms with Crippen molar-refractivity contribution in [3.05, 3.63) is 106 Å². The van der Waals surface area contributed by atoms with Crippen LogP contribution in [0.3, 0.4) is 0 Å². The molecule has 0 spiro atoms. The number of benzene rings is 3. The summed E-state index contributed by atoms with van der Waals surface area (Å²) < 4.78 is 12.0. The highest BCUT2D eigenvalue weighted by Crippen LogP contribution is 2.35. The van der Waals surface area contributed by atoms with Crippen molar-refractivity contribution in [3.63, 3.8) is 0 Å². The molecule has 0 aliphatic heterocycles. The number of allylic oxidation sites excluding steroid dienone is 1. The average molecular weight is 511 g/mol. The molecule has 3 rings (SSSR count). The number of carbonyl (C=O) groups is 2. The van der Waals surface area contributed by atoms with E-state index in [1.54, 1.807) is 30.3 Å². The third-order valence-electron chi connectivity index (χ3n) is 5.93. The van der Waals surface area contributed by atoms with Crippen LogP contribution in [0.4, 0.5) is 5.69 Å². The molecule has 0 bridgehead atoms. The van der Waals surface area contributed by atoms with E-state index in [9.17, 15) is 14.9 Å². The zero-order valence-corrected chi connectivity index (χ0v) is 21.7. The lowest BCUT2D eigenvalue weighted by Gasteiger charge is -2.17. The van der Waals surface area contributed by atoms with Crippen LogP contribution in [-0.2, 0) is 17.8 Å². The van der Waals surface area contributed by atoms with Gasteiger partial charge in [-0.3, -0.25) is 4.79 Å². The first-order valence-electron chi connectivity index (χ1n) is 12.1. The van der Waals surface area contributed by atoms with E-state index in [1.807, 2.05) is 45.0 Å². The standard InChI is InChI=1S/C31H30N2O5/c1-5-8-25-15-23(16-26(18-32)30(34)33-27-10-7-9-20(3)21(27)4)17-28(37-6-2)29(25)38-19-22-11-13-24(14-12-22)31(35)36/h5,7,9-17H,1,6,8,19H2,2-4H3,(H,33,34)(H,35,36)/b26-16+. The number of aromatic carboxylic acids is 1. The largest absolute Gasteiger partial charge is 0.490 e. The summed E-state index contributed by atoms with van der Waals surface area (Å²) in [5.41, 5.74) is 4.94. The number of ether oxygens (including phenoxy) is 2. The lowest BCUT2D eigenvalue weighted by Crippen LogP contribution is -2.14. The second-order valence-electron chi connectivity index (χ2n) is 8.60. The van der Waals surface area contributed by atoms with Crippen molar-refractivity contribution >= 4 is 23.6 Å². The molecule has 0 fully saturated rings. The summed E-state index contributed by atoms with van der Waals surface area (Å²) in [6, 6.07) is 17.6. The predicted octanol–water partition coefficient (Wildman–Crippen LogP) is 6.25. The van der Waals surface area contributed by atoms with Crippen LogP contribution in [0.25, 0.3) is 6.08 Å². The fourth-order valence-electron chi connectivity index (χ4n) is 3.79. The smallest absolute Gasteiger partial charge is 0.335 e. The molecule has 1 amide bonds. The highest BCUT2D eigenvalue weighted by molar-refractivity contribution is 6.10. The average Bonchev–Trinajstić information content (AvgIpc) is 2.90. The molecule has 3 aromatic rings. The molecule has 0 saturated heterocycles. The number of anilines is 1. The van der Waals surface area contributed by atoms with Gasteiger partial charge >= 0.3 is 5.97 Å². The van der Waals surface area contributed by atoms with E-state index < -0.39 is 11.9 Å². The Morgan fingerprint density at radius 2 is 1.84 bits per heavy atom. The molecule has 7 nitrogen and oxygen atoms in total. The minimum Gasteiger partial charge on any atom is -0.490 e. The molecule has 0 unspecified atom stereocenters. The SMILES string of the molecule is C=CCc1cc(/C=C(\C#N)C(=O)Nc2cccc(C)c2C)cc(OCC)c1OCc1ccc(C(=O)O)cc1. The number of carboxylic acids is 1. The normalized spacial score (nSPS) is 10.8. The van der Waals surface area contributed by atoms with Gasteiger partial charge in [-0.15, -0.1) is 6.58 Å². The van der Waals surface area contributed by atoms with E-state index in [0.717, 1.165) is 22.3 Å². The van der Waals surface area contributed by atoms with Gasteiger partial charge in [0.05, 0.1) is 12.2 Å². The van der Waals surface area contributed by atoms with Gasteiger partial charge in [-0.25, -0.2) is 4.79 Å². The first kappa shape index (κ1) is 27.8. The molecule has 0 atom stereocenters. The Bertz CT molecular complexity index is 1420. The van der Waals surface area contributed by atoms with Gasteiger partial charge in [-0.05, 0) is 85.9 Å². The molecule has 0 radical (unpaired) electrons. The van der Waals surface area contributed by atoms with E-state index in [-0.39, 0.29) is 17.7 Å². The van der Waals surface area contributed by atoms with Crippen LogP contribution in [0, 0.1) is 25.2 Å². The molecule has 0 aliphatic carbocycles. The van der Waals surface area contributed by atoms with Crippen molar-refractivity contribution in [3.8, 4) is 17.6 Å². The fourth-order valence-corrected chi connectivity index (χ4v) is 3.79. The zero-order valence-electron chi connectivity index (χ0n) is 21.7. The Morgan fingerprint density at radius 3 is 2.47 bits per heavy atom. The van der Waals surface area contributed by atoms with E-state index >= 15 is 0 Å². The van der Waals surface area contributed by atoms with Crippen LogP contribution in [0.2, 0.25) is 0 Å². The first-order valence-corrected chi connectivity index (χ1v) is 12.1. The number of rotatable bonds is 11. The second-order valence-corrected chi connectivity index (χ2v) is 8.60. The number of nitriles is 1. The van der Waals surface area contributed by atoms with Gasteiger partial charge in [0, 0.05) is 11.3 Å². The molecule has 38 heavy (non-hydrogen) atoms. The minimum atomic E-state index is -0.993. The summed E-state index contributed by atoms with van der Waals surface area (Å²) in [5, 5.41) is 21.7. The molecule has 0 heterocycles. The third-order valence-corrected chi connectivity index (χ3v) is 5.93. The molecule has 0 aromatic heterocycles. The summed E-state index contributed by atoms with van der Waals surface area (Å²) in [7, 11) is 0. The first-order chi connectivity index (χ1) is 18.3. The van der Waals surface area contributed by atoms with E-state index in [1.165, 1.54) is 18.2 Å². The molecular formula is C31H30N2O5. The van der Waals surface area contributed by atoms with Crippen LogP contribution in [0.1, 0.15) is 45.1 Å². The van der Waals surface area contributed by atoms with Crippen molar-refractivity contribution in [2.45, 2.75) is 33.8 Å². The molecule has 2 N–H and O–H groups in total. The van der Waals surface area contributed by atoms with E-state index in [0.29, 0.717) is 35.8 Å². The highest BCUT2D eigenvalue weighted by Gasteiger charge is 2.16. The quantitative estimate of drug-likeness (QED) is 0.179. The summed E-state index contributed by atoms with van der Waals surface area (Å²) in [5.74, 6) is -0.515. The number of nitrogens with zero attached hydrogens (tertiary/aromatic N) is 1. The molecule has 194 valence electrons. The maximum absolute atomic E-state index is 12.9. The van der Waals surface area contributed by atoms with Gasteiger partial charge in [0.15, 0.2) is 11.5 Å². The Balaban J connectivity index is 1.92. The van der Waals surface area contributed by atoms with Crippen LogP contribution < -0.4 is 14.8 Å². The van der Waals surface area contributed by atoms with Crippen LogP contribution >= 0.6 is 0 Å². The van der Waals surface area contributed by atoms with Gasteiger partial charge < -0.3 is 19.9 Å². The number of nitrogens with one attached hydrogen (secondary N) is 1. The van der Waals surface area contributed by atoms with Crippen molar-refractivity contribution in [1.29, 1.82) is 5.26 Å². The van der Waals surface area contributed by atoms with Crippen LogP contribution in [0.15, 0.2) is 72.8 Å². The molecule has 7 heteroatoms. The van der Waals surface area contributed by atoms with Gasteiger partial charge in [-0.1, -0.05) is 30.3 Å². The number of carboxylic acid groups (broad SMARTS) is 1. The lowest BCUT2D eigenvalue weighted by atomic mass is 10.0. The lowest BCUT2D eigenvalue weighted by molar-refractivity contribution is -0.112. The summed E-state index contributed by atoms with van der Waals surface area (Å²) in [6.07, 6.45) is 3.71. The number of hydrogen-bond acceptors (Lipinski definition) is 5. The summed E-state index contributed by atoms with van der Waals surface area (Å²) in [6.45, 7) is 10.1. The predicted molar refractivity (Wildman–Crippen MR) is 147 cm³/mol. The van der Waals surface area contributed by atoms with Crippen molar-refractivity contribution < 1.29 is 24.2 Å². The van der Waals surface area contributed by atoms with E-state index in [2.05, 4.69) is 11.9 Å². The Kier molecular flexibility index (Phi) is 9.44. The monoisotopic (exact) mass is 510 g/mol. The van der Waals surface area contributed by atoms with Crippen LogP contribution in [0.5, 0.6) is 11.5 Å². The van der Waals surface area contributed by atoms with Crippen molar-refractivity contribution in [1.82, 2.24) is 0 Å². The molecular weight excluding hydrogens is 480 g/mol. The Hall–Kier alpha value is -4.83. The number of hydrogen-bond donors (Lipinski definition) is 2. The molecule has 0 aliphatic rings.